The monoisotopic (exact) mass is 266 g/mol. The van der Waals surface area contributed by atoms with Gasteiger partial charge in [0.05, 0.1) is 19.3 Å². The first-order chi connectivity index (χ1) is 8.96. The molecular formula is C13H18N2O4. The number of nitriles is 1. The Morgan fingerprint density at radius 1 is 1.42 bits per heavy atom. The van der Waals surface area contributed by atoms with Gasteiger partial charge >= 0.3 is 11.9 Å². The Balaban J connectivity index is 3.33. The molecular weight excluding hydrogens is 248 g/mol. The van der Waals surface area contributed by atoms with Crippen LogP contribution in [0.2, 0.25) is 0 Å². The zero-order chi connectivity index (χ0) is 14.6. The second-order valence-electron chi connectivity index (χ2n) is 4.30. The lowest BCUT2D eigenvalue weighted by molar-refractivity contribution is -0.169. The maximum atomic E-state index is 12.2. The summed E-state index contributed by atoms with van der Waals surface area (Å²) in [6, 6.07) is 1.02. The molecule has 0 aromatic carbocycles. The molecule has 0 N–H and O–H groups in total. The summed E-state index contributed by atoms with van der Waals surface area (Å²) in [5, 5.41) is 9.28. The number of hydrogen-bond acceptors (Lipinski definition) is 6. The second-order valence-corrected chi connectivity index (χ2v) is 4.30. The molecule has 1 atom stereocenters. The predicted molar refractivity (Wildman–Crippen MR) is 66.9 cm³/mol. The Morgan fingerprint density at radius 2 is 1.89 bits per heavy atom. The van der Waals surface area contributed by atoms with E-state index in [-0.39, 0.29) is 19.8 Å². The zero-order valence-corrected chi connectivity index (χ0v) is 11.4. The van der Waals surface area contributed by atoms with Crippen molar-refractivity contribution in [3.8, 4) is 6.07 Å². The standard InChI is InChI=1S/C13H18N2O4/c1-5-18-11(16)13(12(17)19-6-2)9(3)8-15(4)10(13)7-14/h10H,3,5-6,8H2,1-2,4H3. The van der Waals surface area contributed by atoms with Crippen LogP contribution in [-0.2, 0) is 19.1 Å². The van der Waals surface area contributed by atoms with Crippen LogP contribution in [0.15, 0.2) is 12.2 Å². The topological polar surface area (TPSA) is 79.6 Å². The third kappa shape index (κ3) is 2.22. The molecule has 1 heterocycles. The Kier molecular flexibility index (Phi) is 4.67. The van der Waals surface area contributed by atoms with Crippen LogP contribution in [0.3, 0.4) is 0 Å². The first-order valence-corrected chi connectivity index (χ1v) is 6.09. The summed E-state index contributed by atoms with van der Waals surface area (Å²) >= 11 is 0. The van der Waals surface area contributed by atoms with Crippen molar-refractivity contribution in [3.05, 3.63) is 12.2 Å². The fourth-order valence-corrected chi connectivity index (χ4v) is 2.32. The van der Waals surface area contributed by atoms with Gasteiger partial charge in [-0.15, -0.1) is 0 Å². The number of likely N-dealkylation sites (N-methyl/N-ethyl adjacent to an activating group) is 1. The van der Waals surface area contributed by atoms with Crippen LogP contribution in [-0.4, -0.2) is 49.7 Å². The van der Waals surface area contributed by atoms with Crippen molar-refractivity contribution in [2.24, 2.45) is 5.41 Å². The van der Waals surface area contributed by atoms with E-state index in [1.54, 1.807) is 25.8 Å². The van der Waals surface area contributed by atoms with Crippen molar-refractivity contribution in [2.75, 3.05) is 26.8 Å². The van der Waals surface area contributed by atoms with Crippen LogP contribution >= 0.6 is 0 Å². The van der Waals surface area contributed by atoms with E-state index in [2.05, 4.69) is 6.58 Å². The number of carbonyl (C=O) groups excluding carboxylic acids is 2. The van der Waals surface area contributed by atoms with Gasteiger partial charge in [-0.1, -0.05) is 6.58 Å². The Bertz CT molecular complexity index is 420. The van der Waals surface area contributed by atoms with Crippen molar-refractivity contribution >= 4 is 11.9 Å². The molecule has 1 fully saturated rings. The fourth-order valence-electron chi connectivity index (χ4n) is 2.32. The first-order valence-electron chi connectivity index (χ1n) is 6.09. The van der Waals surface area contributed by atoms with Crippen LogP contribution in [0.25, 0.3) is 0 Å². The van der Waals surface area contributed by atoms with Crippen molar-refractivity contribution in [2.45, 2.75) is 19.9 Å². The number of likely N-dealkylation sites (tertiary alicyclic amines) is 1. The van der Waals surface area contributed by atoms with Gasteiger partial charge in [-0.3, -0.25) is 14.5 Å². The van der Waals surface area contributed by atoms with E-state index in [1.165, 1.54) is 0 Å². The maximum absolute atomic E-state index is 12.2. The van der Waals surface area contributed by atoms with Crippen molar-refractivity contribution in [1.29, 1.82) is 5.26 Å². The molecule has 1 saturated heterocycles. The third-order valence-corrected chi connectivity index (χ3v) is 3.17. The smallest absolute Gasteiger partial charge is 0.330 e. The van der Waals surface area contributed by atoms with Gasteiger partial charge in [-0.05, 0) is 26.5 Å². The Morgan fingerprint density at radius 3 is 2.26 bits per heavy atom. The van der Waals surface area contributed by atoms with Gasteiger partial charge in [-0.2, -0.15) is 5.26 Å². The molecule has 1 aliphatic rings. The highest BCUT2D eigenvalue weighted by Crippen LogP contribution is 2.42. The number of esters is 2. The second kappa shape index (κ2) is 5.85. The van der Waals surface area contributed by atoms with E-state index in [0.717, 1.165) is 0 Å². The molecule has 0 spiro atoms. The van der Waals surface area contributed by atoms with Crippen molar-refractivity contribution in [3.63, 3.8) is 0 Å². The van der Waals surface area contributed by atoms with E-state index < -0.39 is 23.4 Å². The van der Waals surface area contributed by atoms with Gasteiger partial charge in [-0.25, -0.2) is 0 Å². The molecule has 0 amide bonds. The molecule has 0 saturated carbocycles. The van der Waals surface area contributed by atoms with Gasteiger partial charge in [0.15, 0.2) is 0 Å². The number of nitrogens with zero attached hydrogens (tertiary/aromatic N) is 2. The minimum absolute atomic E-state index is 0.120. The first kappa shape index (κ1) is 15.2. The highest BCUT2D eigenvalue weighted by Gasteiger charge is 2.62. The van der Waals surface area contributed by atoms with Crippen LogP contribution in [0, 0.1) is 16.7 Å². The summed E-state index contributed by atoms with van der Waals surface area (Å²) in [6.07, 6.45) is 0. The summed E-state index contributed by atoms with van der Waals surface area (Å²) in [7, 11) is 1.65. The van der Waals surface area contributed by atoms with Crippen molar-refractivity contribution in [1.82, 2.24) is 4.90 Å². The van der Waals surface area contributed by atoms with Gasteiger partial charge in [0.2, 0.25) is 5.41 Å². The van der Waals surface area contributed by atoms with E-state index in [4.69, 9.17) is 9.47 Å². The van der Waals surface area contributed by atoms with Crippen molar-refractivity contribution < 1.29 is 19.1 Å². The van der Waals surface area contributed by atoms with Gasteiger partial charge in [0.1, 0.15) is 6.04 Å². The lowest BCUT2D eigenvalue weighted by Crippen LogP contribution is -2.51. The summed E-state index contributed by atoms with van der Waals surface area (Å²) < 4.78 is 9.94. The molecule has 0 radical (unpaired) electrons. The average molecular weight is 266 g/mol. The minimum Gasteiger partial charge on any atom is -0.465 e. The highest BCUT2D eigenvalue weighted by atomic mass is 16.6. The number of rotatable bonds is 4. The summed E-state index contributed by atoms with van der Waals surface area (Å²) in [6.45, 7) is 7.56. The largest absolute Gasteiger partial charge is 0.465 e. The van der Waals surface area contributed by atoms with E-state index >= 15 is 0 Å². The molecule has 6 nitrogen and oxygen atoms in total. The molecule has 19 heavy (non-hydrogen) atoms. The Hall–Kier alpha value is -1.87. The van der Waals surface area contributed by atoms with Crippen LogP contribution in [0.5, 0.6) is 0 Å². The summed E-state index contributed by atoms with van der Waals surface area (Å²) in [4.78, 5) is 26.1. The van der Waals surface area contributed by atoms with Gasteiger partial charge in [0.25, 0.3) is 0 Å². The highest BCUT2D eigenvalue weighted by molar-refractivity contribution is 6.05. The van der Waals surface area contributed by atoms with E-state index in [1.807, 2.05) is 6.07 Å². The van der Waals surface area contributed by atoms with Gasteiger partial charge in [0, 0.05) is 6.54 Å². The van der Waals surface area contributed by atoms with Crippen LogP contribution in [0.4, 0.5) is 0 Å². The fraction of sp³-hybridized carbons (Fsp3) is 0.615. The van der Waals surface area contributed by atoms with Crippen LogP contribution in [0.1, 0.15) is 13.8 Å². The lowest BCUT2D eigenvalue weighted by atomic mass is 9.77. The molecule has 6 heteroatoms. The SMILES string of the molecule is C=C1CN(C)C(C#N)C1(C(=O)OCC)C(=O)OCC. The molecule has 1 rings (SSSR count). The maximum Gasteiger partial charge on any atom is 0.330 e. The number of hydrogen-bond donors (Lipinski definition) is 0. The molecule has 1 aliphatic heterocycles. The average Bonchev–Trinajstić information content (AvgIpc) is 2.61. The van der Waals surface area contributed by atoms with E-state index in [0.29, 0.717) is 5.57 Å². The molecule has 0 bridgehead atoms. The summed E-state index contributed by atoms with van der Waals surface area (Å²) in [5.41, 5.74) is -1.41. The Labute approximate surface area is 112 Å². The molecule has 0 aromatic rings. The predicted octanol–water partition coefficient (Wildman–Crippen LogP) is 0.493. The van der Waals surface area contributed by atoms with Gasteiger partial charge < -0.3 is 9.47 Å². The minimum atomic E-state index is -1.74. The molecule has 1 unspecified atom stereocenters. The third-order valence-electron chi connectivity index (χ3n) is 3.17. The normalized spacial score (nSPS) is 21.8. The quantitative estimate of drug-likeness (QED) is 0.418. The molecule has 0 aliphatic carbocycles. The summed E-state index contributed by atoms with van der Waals surface area (Å²) in [5.74, 6) is -1.54. The number of ether oxygens (including phenoxy) is 2. The van der Waals surface area contributed by atoms with E-state index in [9.17, 15) is 14.9 Å². The number of carbonyl (C=O) groups is 2. The lowest BCUT2D eigenvalue weighted by Gasteiger charge is -2.28. The van der Waals surface area contributed by atoms with Crippen LogP contribution < -0.4 is 0 Å². The zero-order valence-electron chi connectivity index (χ0n) is 11.4. The molecule has 0 aromatic heterocycles. The molecule has 104 valence electrons.